The van der Waals surface area contributed by atoms with Crippen LogP contribution in [0.5, 0.6) is 0 Å². The van der Waals surface area contributed by atoms with Gasteiger partial charge in [-0.1, -0.05) is 35.3 Å². The first-order valence-electron chi connectivity index (χ1n) is 7.43. The first kappa shape index (κ1) is 20.4. The van der Waals surface area contributed by atoms with Crippen molar-refractivity contribution in [3.63, 3.8) is 0 Å². The van der Waals surface area contributed by atoms with Crippen LogP contribution in [-0.4, -0.2) is 38.0 Å². The second-order valence-corrected chi connectivity index (χ2v) is 8.38. The monoisotopic (exact) mass is 414 g/mol. The normalized spacial score (nSPS) is 11.4. The number of halogens is 2. The number of hydrogen-bond acceptors (Lipinski definition) is 4. The van der Waals surface area contributed by atoms with Gasteiger partial charge in [-0.15, -0.1) is 0 Å². The molecule has 2 aromatic rings. The molecule has 0 unspecified atom stereocenters. The molecule has 2 aromatic carbocycles. The number of anilines is 1. The Morgan fingerprint density at radius 1 is 1.12 bits per heavy atom. The number of nitrogens with one attached hydrogen (secondary N) is 1. The predicted octanol–water partition coefficient (Wildman–Crippen LogP) is 3.46. The van der Waals surface area contributed by atoms with Crippen molar-refractivity contribution < 1.29 is 18.0 Å². The van der Waals surface area contributed by atoms with Crippen LogP contribution in [0.2, 0.25) is 10.0 Å². The summed E-state index contributed by atoms with van der Waals surface area (Å²) < 4.78 is 26.1. The quantitative estimate of drug-likeness (QED) is 0.733. The number of sulfonamides is 1. The van der Waals surface area contributed by atoms with Crippen molar-refractivity contribution in [2.45, 2.75) is 11.8 Å². The zero-order valence-corrected chi connectivity index (χ0v) is 16.3. The maximum absolute atomic E-state index is 12.6. The van der Waals surface area contributed by atoms with Crippen LogP contribution in [0.15, 0.2) is 47.4 Å². The topological polar surface area (TPSA) is 83.6 Å². The smallest absolute Gasteiger partial charge is 0.244 e. The van der Waals surface area contributed by atoms with Gasteiger partial charge in [0.25, 0.3) is 0 Å². The van der Waals surface area contributed by atoms with E-state index in [0.717, 1.165) is 4.31 Å². The van der Waals surface area contributed by atoms with Crippen molar-refractivity contribution in [1.29, 1.82) is 0 Å². The van der Waals surface area contributed by atoms with Gasteiger partial charge in [-0.25, -0.2) is 8.42 Å². The molecule has 0 saturated heterocycles. The molecule has 0 atom stereocenters. The lowest BCUT2D eigenvalue weighted by molar-refractivity contribution is -0.116. The highest BCUT2D eigenvalue weighted by Crippen LogP contribution is 2.27. The van der Waals surface area contributed by atoms with E-state index in [-0.39, 0.29) is 20.7 Å². The minimum atomic E-state index is -4.00. The lowest BCUT2D eigenvalue weighted by Gasteiger charge is -2.18. The second kappa shape index (κ2) is 8.18. The lowest BCUT2D eigenvalue weighted by Crippen LogP contribution is -2.35. The molecular weight excluding hydrogens is 399 g/mol. The van der Waals surface area contributed by atoms with E-state index in [1.165, 1.54) is 38.2 Å². The molecule has 0 aliphatic heterocycles. The Morgan fingerprint density at radius 3 is 2.46 bits per heavy atom. The van der Waals surface area contributed by atoms with Crippen LogP contribution in [0.4, 0.5) is 5.69 Å². The number of amides is 1. The molecule has 0 aliphatic rings. The fraction of sp³-hybridized carbons (Fsp3) is 0.176. The van der Waals surface area contributed by atoms with Crippen molar-refractivity contribution >= 4 is 50.6 Å². The van der Waals surface area contributed by atoms with Crippen LogP contribution in [0.25, 0.3) is 0 Å². The largest absolute Gasteiger partial charge is 0.325 e. The summed E-state index contributed by atoms with van der Waals surface area (Å²) in [5, 5.41) is 2.79. The first-order valence-corrected chi connectivity index (χ1v) is 9.63. The Balaban J connectivity index is 2.14. The number of rotatable bonds is 6. The molecule has 0 spiro atoms. The molecule has 0 radical (unpaired) electrons. The first-order chi connectivity index (χ1) is 12.1. The number of hydrogen-bond donors (Lipinski definition) is 1. The Hall–Kier alpha value is -1.93. The molecule has 1 amide bonds. The minimum absolute atomic E-state index is 0.0100. The highest BCUT2D eigenvalue weighted by Gasteiger charge is 2.25. The fourth-order valence-electron chi connectivity index (χ4n) is 2.15. The highest BCUT2D eigenvalue weighted by molar-refractivity contribution is 7.89. The van der Waals surface area contributed by atoms with Gasteiger partial charge in [-0.2, -0.15) is 4.31 Å². The number of ketones is 1. The van der Waals surface area contributed by atoms with Crippen molar-refractivity contribution in [3.05, 3.63) is 58.1 Å². The van der Waals surface area contributed by atoms with Crippen molar-refractivity contribution in [2.75, 3.05) is 18.9 Å². The highest BCUT2D eigenvalue weighted by atomic mass is 35.5. The standard InChI is InChI=1S/C17H16Cl2N2O4S/c1-11(22)12-4-3-5-14(8-12)20-17(23)10-21(2)26(24,25)16-9-13(18)6-7-15(16)19/h3-9H,10H2,1-2H3,(H,20,23). The molecular formula is C17H16Cl2N2O4S. The number of carbonyl (C=O) groups excluding carboxylic acids is 2. The van der Waals surface area contributed by atoms with E-state index in [4.69, 9.17) is 23.2 Å². The van der Waals surface area contributed by atoms with E-state index < -0.39 is 22.5 Å². The van der Waals surface area contributed by atoms with E-state index in [1.807, 2.05) is 0 Å². The summed E-state index contributed by atoms with van der Waals surface area (Å²) in [5.74, 6) is -0.702. The number of carbonyl (C=O) groups is 2. The van der Waals surface area contributed by atoms with Gasteiger partial charge >= 0.3 is 0 Å². The summed E-state index contributed by atoms with van der Waals surface area (Å²) in [6, 6.07) is 10.4. The Bertz CT molecular complexity index is 961. The van der Waals surface area contributed by atoms with E-state index in [9.17, 15) is 18.0 Å². The van der Waals surface area contributed by atoms with E-state index >= 15 is 0 Å². The average Bonchev–Trinajstić information content (AvgIpc) is 2.56. The van der Waals surface area contributed by atoms with Gasteiger partial charge in [0.2, 0.25) is 15.9 Å². The van der Waals surface area contributed by atoms with Crippen molar-refractivity contribution in [1.82, 2.24) is 4.31 Å². The minimum Gasteiger partial charge on any atom is -0.325 e. The summed E-state index contributed by atoms with van der Waals surface area (Å²) in [4.78, 5) is 23.4. The summed E-state index contributed by atoms with van der Waals surface area (Å²) in [6.45, 7) is 0.978. The van der Waals surface area contributed by atoms with Crippen LogP contribution < -0.4 is 5.32 Å². The summed E-state index contributed by atoms with van der Waals surface area (Å²) >= 11 is 11.8. The Labute approximate surface area is 161 Å². The fourth-order valence-corrected chi connectivity index (χ4v) is 4.01. The summed E-state index contributed by atoms with van der Waals surface area (Å²) in [6.07, 6.45) is 0. The third-order valence-electron chi connectivity index (χ3n) is 3.50. The number of nitrogens with zero attached hydrogens (tertiary/aromatic N) is 1. The van der Waals surface area contributed by atoms with Crippen LogP contribution in [0.1, 0.15) is 17.3 Å². The molecule has 0 aromatic heterocycles. The SMILES string of the molecule is CC(=O)c1cccc(NC(=O)CN(C)S(=O)(=O)c2cc(Cl)ccc2Cl)c1. The molecule has 138 valence electrons. The molecule has 2 rings (SSSR count). The predicted molar refractivity (Wildman–Crippen MR) is 101 cm³/mol. The molecule has 1 N–H and O–H groups in total. The van der Waals surface area contributed by atoms with Crippen LogP contribution >= 0.6 is 23.2 Å². The third-order valence-corrected chi connectivity index (χ3v) is 6.02. The molecule has 9 heteroatoms. The third kappa shape index (κ3) is 4.82. The zero-order valence-electron chi connectivity index (χ0n) is 14.0. The van der Waals surface area contributed by atoms with Gasteiger partial charge in [0.05, 0.1) is 11.6 Å². The van der Waals surface area contributed by atoms with Gasteiger partial charge in [-0.05, 0) is 37.3 Å². The van der Waals surface area contributed by atoms with Crippen LogP contribution in [0.3, 0.4) is 0 Å². The van der Waals surface area contributed by atoms with Gasteiger partial charge < -0.3 is 5.32 Å². The van der Waals surface area contributed by atoms with Crippen LogP contribution in [0, 0.1) is 0 Å². The van der Waals surface area contributed by atoms with Crippen LogP contribution in [-0.2, 0) is 14.8 Å². The van der Waals surface area contributed by atoms with E-state index in [1.54, 1.807) is 18.2 Å². The van der Waals surface area contributed by atoms with Gasteiger partial charge in [-0.3, -0.25) is 9.59 Å². The maximum Gasteiger partial charge on any atom is 0.244 e. The molecule has 0 saturated carbocycles. The summed E-state index contributed by atoms with van der Waals surface area (Å²) in [5.41, 5.74) is 0.837. The molecule has 26 heavy (non-hydrogen) atoms. The molecule has 0 aliphatic carbocycles. The number of benzene rings is 2. The number of likely N-dealkylation sites (N-methyl/N-ethyl adjacent to an activating group) is 1. The Kier molecular flexibility index (Phi) is 6.41. The van der Waals surface area contributed by atoms with Crippen molar-refractivity contribution in [3.8, 4) is 0 Å². The number of Topliss-reactive ketones (excluding diaryl/α,β-unsaturated/α-hetero) is 1. The zero-order chi connectivity index (χ0) is 19.5. The maximum atomic E-state index is 12.6. The van der Waals surface area contributed by atoms with E-state index in [2.05, 4.69) is 5.32 Å². The Morgan fingerprint density at radius 2 is 1.81 bits per heavy atom. The summed E-state index contributed by atoms with van der Waals surface area (Å²) in [7, 11) is -2.74. The van der Waals surface area contributed by atoms with Gasteiger partial charge in [0.1, 0.15) is 4.90 Å². The molecule has 0 bridgehead atoms. The van der Waals surface area contributed by atoms with Crippen molar-refractivity contribution in [2.24, 2.45) is 0 Å². The van der Waals surface area contributed by atoms with E-state index in [0.29, 0.717) is 11.3 Å². The molecule has 0 heterocycles. The van der Waals surface area contributed by atoms with Gasteiger partial charge in [0, 0.05) is 23.3 Å². The average molecular weight is 415 g/mol. The lowest BCUT2D eigenvalue weighted by atomic mass is 10.1. The second-order valence-electron chi connectivity index (χ2n) is 5.52. The molecule has 0 fully saturated rings. The molecule has 6 nitrogen and oxygen atoms in total. The van der Waals surface area contributed by atoms with Gasteiger partial charge in [0.15, 0.2) is 5.78 Å².